The molecule has 1 aliphatic carbocycles. The van der Waals surface area contributed by atoms with Crippen LogP contribution in [-0.4, -0.2) is 4.98 Å². The maximum atomic E-state index is 4.58. The van der Waals surface area contributed by atoms with Crippen molar-refractivity contribution in [2.75, 3.05) is 0 Å². The lowest BCUT2D eigenvalue weighted by molar-refractivity contribution is 1.06. The second-order valence-electron chi connectivity index (χ2n) is 4.06. The summed E-state index contributed by atoms with van der Waals surface area (Å²) in [6.07, 6.45) is 9.00. The number of hydrogen-bond acceptors (Lipinski definition) is 3. The molecule has 0 unspecified atom stereocenters. The van der Waals surface area contributed by atoms with Crippen LogP contribution in [0.1, 0.15) is 28.3 Å². The van der Waals surface area contributed by atoms with Gasteiger partial charge in [-0.05, 0) is 32.3 Å². The van der Waals surface area contributed by atoms with Crippen molar-refractivity contribution < 1.29 is 0 Å². The van der Waals surface area contributed by atoms with Crippen molar-refractivity contribution in [1.29, 1.82) is 0 Å². The van der Waals surface area contributed by atoms with E-state index in [-0.39, 0.29) is 0 Å². The molecule has 0 saturated carbocycles. The summed E-state index contributed by atoms with van der Waals surface area (Å²) < 4.78 is 1.39. The van der Waals surface area contributed by atoms with E-state index >= 15 is 0 Å². The minimum absolute atomic E-state index is 1.17. The maximum absolute atomic E-state index is 4.58. The molecule has 0 aromatic carbocycles. The number of nitrogens with zero attached hydrogens (tertiary/aromatic N) is 1. The lowest BCUT2D eigenvalue weighted by Gasteiger charge is -2.08. The van der Waals surface area contributed by atoms with Gasteiger partial charge in [0.05, 0.1) is 9.71 Å². The molecular weight excluding hydrogens is 234 g/mol. The van der Waals surface area contributed by atoms with Gasteiger partial charge in [0.15, 0.2) is 0 Å². The quantitative estimate of drug-likeness (QED) is 0.711. The van der Waals surface area contributed by atoms with E-state index in [1.54, 1.807) is 0 Å². The maximum Gasteiger partial charge on any atom is 0.135 e. The van der Waals surface area contributed by atoms with E-state index in [4.69, 9.17) is 0 Å². The lowest BCUT2D eigenvalue weighted by atomic mass is 9.98. The van der Waals surface area contributed by atoms with Gasteiger partial charge in [0.2, 0.25) is 0 Å². The molecule has 1 nitrogen and oxygen atoms in total. The summed E-state index contributed by atoms with van der Waals surface area (Å²) in [6, 6.07) is 0. The zero-order chi connectivity index (χ0) is 11.1. The Hall–Kier alpha value is -0.930. The minimum Gasteiger partial charge on any atom is -0.231 e. The number of thiazole rings is 1. The van der Waals surface area contributed by atoms with Gasteiger partial charge in [-0.3, -0.25) is 0 Å². The lowest BCUT2D eigenvalue weighted by Crippen LogP contribution is -1.87. The molecule has 16 heavy (non-hydrogen) atoms. The molecule has 2 aromatic heterocycles. The zero-order valence-electron chi connectivity index (χ0n) is 9.41. The van der Waals surface area contributed by atoms with Crippen LogP contribution in [0.15, 0.2) is 18.2 Å². The standard InChI is InChI=1S/C13H13NS2/c1-8-11(10-6-4-3-5-7-10)12-13(15-8)14-9(2)16-12/h3-4,6H,5,7H2,1-2H3. The van der Waals surface area contributed by atoms with Gasteiger partial charge in [-0.2, -0.15) is 0 Å². The molecule has 3 heteroatoms. The van der Waals surface area contributed by atoms with Crippen molar-refractivity contribution >= 4 is 37.8 Å². The third-order valence-electron chi connectivity index (χ3n) is 2.87. The molecule has 0 atom stereocenters. The Kier molecular flexibility index (Phi) is 2.45. The number of aryl methyl sites for hydroxylation is 2. The zero-order valence-corrected chi connectivity index (χ0v) is 11.0. The Balaban J connectivity index is 2.24. The highest BCUT2D eigenvalue weighted by atomic mass is 32.1. The number of thiophene rings is 1. The molecule has 3 rings (SSSR count). The fraction of sp³-hybridized carbons (Fsp3) is 0.308. The smallest absolute Gasteiger partial charge is 0.135 e. The highest BCUT2D eigenvalue weighted by Crippen LogP contribution is 2.40. The van der Waals surface area contributed by atoms with E-state index < -0.39 is 0 Å². The Labute approximate surface area is 103 Å². The van der Waals surface area contributed by atoms with Gasteiger partial charge in [0.1, 0.15) is 4.83 Å². The third kappa shape index (κ3) is 1.55. The minimum atomic E-state index is 1.17. The summed E-state index contributed by atoms with van der Waals surface area (Å²) in [5.74, 6) is 0. The average molecular weight is 247 g/mol. The number of hydrogen-bond donors (Lipinski definition) is 0. The molecule has 0 saturated heterocycles. The van der Waals surface area contributed by atoms with Gasteiger partial charge in [-0.1, -0.05) is 18.2 Å². The van der Waals surface area contributed by atoms with Crippen LogP contribution >= 0.6 is 22.7 Å². The summed E-state index contributed by atoms with van der Waals surface area (Å²) in [7, 11) is 0. The summed E-state index contributed by atoms with van der Waals surface area (Å²) in [5, 5.41) is 1.18. The Morgan fingerprint density at radius 3 is 2.88 bits per heavy atom. The van der Waals surface area contributed by atoms with E-state index in [1.807, 2.05) is 22.7 Å². The number of allylic oxidation sites excluding steroid dienone is 4. The Morgan fingerprint density at radius 2 is 2.12 bits per heavy atom. The molecular formula is C13H13NS2. The summed E-state index contributed by atoms with van der Waals surface area (Å²) in [6.45, 7) is 4.30. The molecule has 2 aromatic rings. The van der Waals surface area contributed by atoms with Crippen LogP contribution in [0.2, 0.25) is 0 Å². The van der Waals surface area contributed by atoms with Crippen LogP contribution < -0.4 is 0 Å². The molecule has 2 heterocycles. The first-order valence-corrected chi connectivity index (χ1v) is 7.11. The molecule has 1 aliphatic rings. The SMILES string of the molecule is Cc1nc2sc(C)c(C3=CC=CCC3)c2s1. The molecule has 82 valence electrons. The molecule has 0 N–H and O–H groups in total. The molecule has 0 radical (unpaired) electrons. The molecule has 0 fully saturated rings. The second-order valence-corrected chi connectivity index (χ2v) is 6.47. The average Bonchev–Trinajstić information content (AvgIpc) is 2.74. The number of fused-ring (bicyclic) bond motifs is 1. The first-order valence-electron chi connectivity index (χ1n) is 5.48. The van der Waals surface area contributed by atoms with Crippen LogP contribution in [0.5, 0.6) is 0 Å². The fourth-order valence-electron chi connectivity index (χ4n) is 2.17. The fourth-order valence-corrected chi connectivity index (χ4v) is 4.50. The van der Waals surface area contributed by atoms with Gasteiger partial charge in [-0.15, -0.1) is 22.7 Å². The largest absolute Gasteiger partial charge is 0.231 e. The van der Waals surface area contributed by atoms with E-state index in [9.17, 15) is 0 Å². The van der Waals surface area contributed by atoms with Crippen molar-refractivity contribution in [3.63, 3.8) is 0 Å². The highest BCUT2D eigenvalue weighted by Gasteiger charge is 2.16. The van der Waals surface area contributed by atoms with Crippen molar-refractivity contribution in [2.24, 2.45) is 0 Å². The van der Waals surface area contributed by atoms with Crippen LogP contribution in [0, 0.1) is 13.8 Å². The van der Waals surface area contributed by atoms with Crippen molar-refractivity contribution in [1.82, 2.24) is 4.98 Å². The molecule has 0 aliphatic heterocycles. The number of rotatable bonds is 1. The second kappa shape index (κ2) is 3.82. The van der Waals surface area contributed by atoms with Crippen LogP contribution in [0.4, 0.5) is 0 Å². The van der Waals surface area contributed by atoms with E-state index in [0.717, 1.165) is 0 Å². The monoisotopic (exact) mass is 247 g/mol. The van der Waals surface area contributed by atoms with Crippen LogP contribution in [0.25, 0.3) is 15.1 Å². The van der Waals surface area contributed by atoms with E-state index in [2.05, 4.69) is 37.1 Å². The van der Waals surface area contributed by atoms with Gasteiger partial charge >= 0.3 is 0 Å². The normalized spacial score (nSPS) is 15.8. The number of aromatic nitrogens is 1. The van der Waals surface area contributed by atoms with Crippen molar-refractivity contribution in [3.05, 3.63) is 33.7 Å². The summed E-state index contributed by atoms with van der Waals surface area (Å²) in [4.78, 5) is 7.21. The summed E-state index contributed by atoms with van der Waals surface area (Å²) in [5.41, 5.74) is 2.94. The Bertz CT molecular complexity index is 599. The predicted octanol–water partition coefficient (Wildman–Crippen LogP) is 4.71. The first kappa shape index (κ1) is 10.2. The predicted molar refractivity (Wildman–Crippen MR) is 73.3 cm³/mol. The van der Waals surface area contributed by atoms with Gasteiger partial charge in [-0.25, -0.2) is 4.98 Å². The highest BCUT2D eigenvalue weighted by molar-refractivity contribution is 7.27. The van der Waals surface area contributed by atoms with Gasteiger partial charge < -0.3 is 0 Å². The van der Waals surface area contributed by atoms with E-state index in [1.165, 1.54) is 43.4 Å². The third-order valence-corrected chi connectivity index (χ3v) is 4.98. The summed E-state index contributed by atoms with van der Waals surface area (Å²) >= 11 is 3.66. The van der Waals surface area contributed by atoms with Crippen LogP contribution in [-0.2, 0) is 0 Å². The van der Waals surface area contributed by atoms with Crippen molar-refractivity contribution in [3.8, 4) is 0 Å². The first-order chi connectivity index (χ1) is 7.75. The van der Waals surface area contributed by atoms with Gasteiger partial charge in [0.25, 0.3) is 0 Å². The Morgan fingerprint density at radius 1 is 1.25 bits per heavy atom. The molecule has 0 bridgehead atoms. The van der Waals surface area contributed by atoms with Gasteiger partial charge in [0, 0.05) is 10.4 Å². The van der Waals surface area contributed by atoms with Crippen LogP contribution in [0.3, 0.4) is 0 Å². The van der Waals surface area contributed by atoms with E-state index in [0.29, 0.717) is 0 Å². The molecule has 0 spiro atoms. The molecule has 0 amide bonds. The topological polar surface area (TPSA) is 12.9 Å². The van der Waals surface area contributed by atoms with Crippen molar-refractivity contribution in [2.45, 2.75) is 26.7 Å².